The number of rotatable bonds is 4. The lowest BCUT2D eigenvalue weighted by molar-refractivity contribution is -0.136. The molecule has 0 amide bonds. The monoisotopic (exact) mass is 250 g/mol. The summed E-state index contributed by atoms with van der Waals surface area (Å²) in [6.45, 7) is 0. The number of halogens is 3. The number of methoxy groups -OCH3 is 1. The van der Waals surface area contributed by atoms with Crippen molar-refractivity contribution in [2.45, 2.75) is 12.8 Å². The van der Waals surface area contributed by atoms with Crippen LogP contribution in [0.2, 0.25) is 5.02 Å². The molecule has 0 radical (unpaired) electrons. The van der Waals surface area contributed by atoms with Crippen LogP contribution in [0.5, 0.6) is 5.75 Å². The number of carbonyl (C=O) groups is 1. The summed E-state index contributed by atoms with van der Waals surface area (Å²) in [5.41, 5.74) is 0.0191. The van der Waals surface area contributed by atoms with Crippen LogP contribution >= 0.6 is 11.6 Å². The van der Waals surface area contributed by atoms with E-state index in [9.17, 15) is 13.6 Å². The SMILES string of the molecule is COc1c(F)c(Cl)cc(CCC(=O)O)c1F. The number of hydrogen-bond acceptors (Lipinski definition) is 2. The summed E-state index contributed by atoms with van der Waals surface area (Å²) in [5, 5.41) is 8.16. The van der Waals surface area contributed by atoms with Crippen LogP contribution in [0.25, 0.3) is 0 Å². The molecule has 0 aliphatic rings. The summed E-state index contributed by atoms with van der Waals surface area (Å²) in [7, 11) is 1.11. The van der Waals surface area contributed by atoms with Crippen molar-refractivity contribution in [3.05, 3.63) is 28.3 Å². The Morgan fingerprint density at radius 2 is 2.12 bits per heavy atom. The minimum atomic E-state index is -1.07. The van der Waals surface area contributed by atoms with Gasteiger partial charge in [0.2, 0.25) is 0 Å². The summed E-state index contributed by atoms with van der Waals surface area (Å²) < 4.78 is 31.3. The van der Waals surface area contributed by atoms with E-state index in [4.69, 9.17) is 16.7 Å². The molecule has 0 saturated carbocycles. The van der Waals surface area contributed by atoms with Gasteiger partial charge in [-0.1, -0.05) is 11.6 Å². The van der Waals surface area contributed by atoms with E-state index in [1.807, 2.05) is 0 Å². The second kappa shape index (κ2) is 5.12. The zero-order valence-corrected chi connectivity index (χ0v) is 9.15. The first-order valence-corrected chi connectivity index (χ1v) is 4.77. The second-order valence-corrected chi connectivity index (χ2v) is 3.48. The fourth-order valence-corrected chi connectivity index (χ4v) is 1.45. The van der Waals surface area contributed by atoms with Crippen molar-refractivity contribution in [2.75, 3.05) is 7.11 Å². The largest absolute Gasteiger partial charge is 0.491 e. The van der Waals surface area contributed by atoms with E-state index < -0.39 is 23.4 Å². The molecule has 88 valence electrons. The maximum Gasteiger partial charge on any atom is 0.303 e. The van der Waals surface area contributed by atoms with E-state index in [1.54, 1.807) is 0 Å². The van der Waals surface area contributed by atoms with Gasteiger partial charge < -0.3 is 9.84 Å². The first-order valence-electron chi connectivity index (χ1n) is 4.39. The Morgan fingerprint density at radius 1 is 1.50 bits per heavy atom. The van der Waals surface area contributed by atoms with E-state index >= 15 is 0 Å². The molecule has 1 aromatic carbocycles. The molecule has 0 aromatic heterocycles. The van der Waals surface area contributed by atoms with Crippen molar-refractivity contribution < 1.29 is 23.4 Å². The van der Waals surface area contributed by atoms with Gasteiger partial charge in [0.25, 0.3) is 0 Å². The van der Waals surface area contributed by atoms with Gasteiger partial charge in [0.15, 0.2) is 17.4 Å². The number of ether oxygens (including phenoxy) is 1. The Balaban J connectivity index is 3.10. The average Bonchev–Trinajstić information content (AvgIpc) is 2.22. The van der Waals surface area contributed by atoms with Crippen LogP contribution < -0.4 is 4.74 Å². The number of carboxylic acids is 1. The Kier molecular flexibility index (Phi) is 4.06. The lowest BCUT2D eigenvalue weighted by atomic mass is 10.1. The first kappa shape index (κ1) is 12.7. The summed E-state index contributed by atoms with van der Waals surface area (Å²) >= 11 is 5.52. The number of hydrogen-bond donors (Lipinski definition) is 1. The zero-order chi connectivity index (χ0) is 12.3. The number of carboxylic acid groups (broad SMARTS) is 1. The van der Waals surface area contributed by atoms with Crippen molar-refractivity contribution in [3.63, 3.8) is 0 Å². The van der Waals surface area contributed by atoms with Crippen molar-refractivity contribution in [3.8, 4) is 5.75 Å². The molecule has 0 unspecified atom stereocenters. The van der Waals surface area contributed by atoms with Crippen LogP contribution in [0, 0.1) is 11.6 Å². The van der Waals surface area contributed by atoms with Crippen LogP contribution in [0.4, 0.5) is 8.78 Å². The van der Waals surface area contributed by atoms with Gasteiger partial charge in [-0.3, -0.25) is 4.79 Å². The van der Waals surface area contributed by atoms with E-state index in [-0.39, 0.29) is 23.4 Å². The summed E-state index contributed by atoms with van der Waals surface area (Å²) in [4.78, 5) is 10.3. The van der Waals surface area contributed by atoms with Crippen LogP contribution in [-0.4, -0.2) is 18.2 Å². The normalized spacial score (nSPS) is 10.2. The van der Waals surface area contributed by atoms with Crippen LogP contribution in [0.3, 0.4) is 0 Å². The Bertz CT molecular complexity index is 421. The van der Waals surface area contributed by atoms with Crippen molar-refractivity contribution in [2.24, 2.45) is 0 Å². The molecule has 0 fully saturated rings. The van der Waals surface area contributed by atoms with Gasteiger partial charge in [0.1, 0.15) is 0 Å². The van der Waals surface area contributed by atoms with Crippen molar-refractivity contribution >= 4 is 17.6 Å². The summed E-state index contributed by atoms with van der Waals surface area (Å²) in [6.07, 6.45) is -0.334. The van der Waals surface area contributed by atoms with Gasteiger partial charge in [0.05, 0.1) is 12.1 Å². The predicted molar refractivity (Wildman–Crippen MR) is 53.9 cm³/mol. The number of aliphatic carboxylic acids is 1. The van der Waals surface area contributed by atoms with Crippen molar-refractivity contribution in [1.29, 1.82) is 0 Å². The molecule has 1 N–H and O–H groups in total. The molecule has 0 aliphatic carbocycles. The maximum atomic E-state index is 13.5. The van der Waals surface area contributed by atoms with E-state index in [0.717, 1.165) is 13.2 Å². The Morgan fingerprint density at radius 3 is 2.62 bits per heavy atom. The smallest absolute Gasteiger partial charge is 0.303 e. The summed E-state index contributed by atoms with van der Waals surface area (Å²) in [5.74, 6) is -3.56. The molecule has 1 aromatic rings. The van der Waals surface area contributed by atoms with E-state index in [0.29, 0.717) is 0 Å². The van der Waals surface area contributed by atoms with E-state index in [1.165, 1.54) is 0 Å². The maximum absolute atomic E-state index is 13.5. The number of benzene rings is 1. The molecule has 16 heavy (non-hydrogen) atoms. The standard InChI is InChI=1S/C10H9ClF2O3/c1-16-10-8(12)5(2-3-7(14)15)4-6(11)9(10)13/h4H,2-3H2,1H3,(H,14,15). The lowest BCUT2D eigenvalue weighted by Gasteiger charge is -2.09. The zero-order valence-electron chi connectivity index (χ0n) is 8.39. The Labute approximate surface area is 95.6 Å². The highest BCUT2D eigenvalue weighted by molar-refractivity contribution is 6.31. The minimum absolute atomic E-state index is 0.0191. The van der Waals surface area contributed by atoms with Gasteiger partial charge in [-0.05, 0) is 18.1 Å². The molecular formula is C10H9ClF2O3. The molecule has 6 heteroatoms. The molecule has 0 atom stereocenters. The van der Waals surface area contributed by atoms with E-state index in [2.05, 4.69) is 4.74 Å². The third-order valence-corrected chi connectivity index (χ3v) is 2.28. The highest BCUT2D eigenvalue weighted by Gasteiger charge is 2.18. The molecule has 0 bridgehead atoms. The molecular weight excluding hydrogens is 242 g/mol. The molecule has 0 heterocycles. The molecule has 0 spiro atoms. The topological polar surface area (TPSA) is 46.5 Å². The third kappa shape index (κ3) is 2.61. The van der Waals surface area contributed by atoms with Gasteiger partial charge in [-0.25, -0.2) is 8.78 Å². The first-order chi connectivity index (χ1) is 7.47. The third-order valence-electron chi connectivity index (χ3n) is 2.00. The molecule has 3 nitrogen and oxygen atoms in total. The molecule has 0 aliphatic heterocycles. The molecule has 0 saturated heterocycles. The van der Waals surface area contributed by atoms with Gasteiger partial charge in [-0.15, -0.1) is 0 Å². The Hall–Kier alpha value is -1.36. The van der Waals surface area contributed by atoms with Gasteiger partial charge in [-0.2, -0.15) is 0 Å². The lowest BCUT2D eigenvalue weighted by Crippen LogP contribution is -2.03. The van der Waals surface area contributed by atoms with Crippen molar-refractivity contribution in [1.82, 2.24) is 0 Å². The van der Waals surface area contributed by atoms with Gasteiger partial charge in [0, 0.05) is 6.42 Å². The van der Waals surface area contributed by atoms with Gasteiger partial charge >= 0.3 is 5.97 Å². The molecule has 1 rings (SSSR count). The number of aryl methyl sites for hydroxylation is 1. The minimum Gasteiger partial charge on any atom is -0.491 e. The second-order valence-electron chi connectivity index (χ2n) is 3.07. The summed E-state index contributed by atoms with van der Waals surface area (Å²) in [6, 6.07) is 1.07. The fraction of sp³-hybridized carbons (Fsp3) is 0.300. The highest BCUT2D eigenvalue weighted by atomic mass is 35.5. The fourth-order valence-electron chi connectivity index (χ4n) is 1.23. The quantitative estimate of drug-likeness (QED) is 0.836. The van der Waals surface area contributed by atoms with Crippen LogP contribution in [0.15, 0.2) is 6.07 Å². The average molecular weight is 251 g/mol. The predicted octanol–water partition coefficient (Wildman–Crippen LogP) is 2.64. The van der Waals surface area contributed by atoms with Crippen LogP contribution in [-0.2, 0) is 11.2 Å². The van der Waals surface area contributed by atoms with Crippen LogP contribution in [0.1, 0.15) is 12.0 Å². The highest BCUT2D eigenvalue weighted by Crippen LogP contribution is 2.31.